The van der Waals surface area contributed by atoms with E-state index in [1.54, 1.807) is 13.8 Å². The van der Waals surface area contributed by atoms with Crippen LogP contribution < -0.4 is 4.90 Å². The van der Waals surface area contributed by atoms with Gasteiger partial charge in [0.05, 0.1) is 23.2 Å². The smallest absolute Gasteiger partial charge is 0.329 e. The van der Waals surface area contributed by atoms with Crippen LogP contribution in [0.2, 0.25) is 0 Å². The van der Waals surface area contributed by atoms with E-state index in [2.05, 4.69) is 29.8 Å². The molecular weight excluding hydrogens is 340 g/mol. The Bertz CT molecular complexity index is 864. The summed E-state index contributed by atoms with van der Waals surface area (Å²) in [6.45, 7) is 9.64. The molecule has 2 aromatic rings. The van der Waals surface area contributed by atoms with Crippen LogP contribution >= 0.6 is 0 Å². The SMILES string of the molecule is CC(C)OC(=O)[C@@H](C#N)c1nc2ccccc2nc1N1C[C@H](C)C[C@@H](C)C1. The molecule has 0 N–H and O–H groups in total. The van der Waals surface area contributed by atoms with Gasteiger partial charge in [-0.2, -0.15) is 5.26 Å². The quantitative estimate of drug-likeness (QED) is 0.768. The number of esters is 1. The molecule has 3 atom stereocenters. The molecule has 1 fully saturated rings. The second-order valence-corrected chi connectivity index (χ2v) is 7.82. The van der Waals surface area contributed by atoms with Gasteiger partial charge in [0.15, 0.2) is 11.7 Å². The highest BCUT2D eigenvalue weighted by Crippen LogP contribution is 2.32. The third kappa shape index (κ3) is 4.19. The first kappa shape index (κ1) is 19.1. The Balaban J connectivity index is 2.11. The van der Waals surface area contributed by atoms with Crippen LogP contribution in [0, 0.1) is 23.2 Å². The summed E-state index contributed by atoms with van der Waals surface area (Å²) in [5, 5.41) is 9.72. The molecule has 0 radical (unpaired) electrons. The average Bonchev–Trinajstić information content (AvgIpc) is 2.60. The minimum atomic E-state index is -1.09. The highest BCUT2D eigenvalue weighted by Gasteiger charge is 2.32. The molecule has 1 aliphatic rings. The molecule has 1 aromatic carbocycles. The van der Waals surface area contributed by atoms with Gasteiger partial charge < -0.3 is 9.64 Å². The number of nitriles is 1. The third-order valence-electron chi connectivity index (χ3n) is 4.74. The van der Waals surface area contributed by atoms with Gasteiger partial charge in [-0.1, -0.05) is 26.0 Å². The number of fused-ring (bicyclic) bond motifs is 1. The molecule has 0 unspecified atom stereocenters. The minimum absolute atomic E-state index is 0.291. The molecule has 2 heterocycles. The number of rotatable bonds is 4. The summed E-state index contributed by atoms with van der Waals surface area (Å²) in [5.74, 6) is -0.0149. The Morgan fingerprint density at radius 3 is 2.33 bits per heavy atom. The topological polar surface area (TPSA) is 79.1 Å². The Hall–Kier alpha value is -2.68. The predicted octanol–water partition coefficient (Wildman–Crippen LogP) is 3.67. The van der Waals surface area contributed by atoms with Crippen molar-refractivity contribution in [1.82, 2.24) is 9.97 Å². The van der Waals surface area contributed by atoms with E-state index in [-0.39, 0.29) is 6.10 Å². The lowest BCUT2D eigenvalue weighted by Gasteiger charge is -2.36. The van der Waals surface area contributed by atoms with Crippen LogP contribution in [0.25, 0.3) is 11.0 Å². The minimum Gasteiger partial charge on any atom is -0.462 e. The van der Waals surface area contributed by atoms with E-state index in [9.17, 15) is 10.1 Å². The Morgan fingerprint density at radius 1 is 1.19 bits per heavy atom. The van der Waals surface area contributed by atoms with E-state index in [1.165, 1.54) is 0 Å². The number of carbonyl (C=O) groups excluding carboxylic acids is 1. The second-order valence-electron chi connectivity index (χ2n) is 7.82. The Labute approximate surface area is 160 Å². The van der Waals surface area contributed by atoms with Crippen LogP contribution in [0.1, 0.15) is 45.7 Å². The molecule has 1 aliphatic heterocycles. The van der Waals surface area contributed by atoms with E-state index < -0.39 is 11.9 Å². The van der Waals surface area contributed by atoms with E-state index in [0.29, 0.717) is 28.9 Å². The van der Waals surface area contributed by atoms with Crippen molar-refractivity contribution in [2.75, 3.05) is 18.0 Å². The van der Waals surface area contributed by atoms with Crippen LogP contribution in [0.4, 0.5) is 5.82 Å². The average molecular weight is 366 g/mol. The maximum atomic E-state index is 12.6. The Kier molecular flexibility index (Phi) is 5.59. The lowest BCUT2D eigenvalue weighted by atomic mass is 9.91. The standard InChI is InChI=1S/C21H26N4O2/c1-13(2)27-21(26)16(10-22)19-20(25-11-14(3)9-15(4)12-25)24-18-8-6-5-7-17(18)23-19/h5-8,13-16H,9,11-12H2,1-4H3/t14-,15-,16+/m1/s1. The molecule has 0 aliphatic carbocycles. The zero-order valence-electron chi connectivity index (χ0n) is 16.3. The second kappa shape index (κ2) is 7.91. The largest absolute Gasteiger partial charge is 0.462 e. The number of hydrogen-bond donors (Lipinski definition) is 0. The van der Waals surface area contributed by atoms with Crippen molar-refractivity contribution in [3.8, 4) is 6.07 Å². The fraction of sp³-hybridized carbons (Fsp3) is 0.524. The number of aromatic nitrogens is 2. The van der Waals surface area contributed by atoms with Crippen molar-refractivity contribution in [1.29, 1.82) is 5.26 Å². The van der Waals surface area contributed by atoms with E-state index in [0.717, 1.165) is 25.0 Å². The fourth-order valence-electron chi connectivity index (χ4n) is 3.79. The number of benzene rings is 1. The molecule has 142 valence electrons. The maximum absolute atomic E-state index is 12.6. The first-order chi connectivity index (χ1) is 12.9. The van der Waals surface area contributed by atoms with Gasteiger partial charge in [0.25, 0.3) is 0 Å². The monoisotopic (exact) mass is 366 g/mol. The summed E-state index contributed by atoms with van der Waals surface area (Å²) in [6.07, 6.45) is 0.865. The summed E-state index contributed by atoms with van der Waals surface area (Å²) < 4.78 is 5.31. The van der Waals surface area contributed by atoms with Crippen molar-refractivity contribution in [2.45, 2.75) is 46.1 Å². The lowest BCUT2D eigenvalue weighted by molar-refractivity contribution is -0.147. The molecule has 0 bridgehead atoms. The zero-order valence-corrected chi connectivity index (χ0v) is 16.3. The van der Waals surface area contributed by atoms with Crippen molar-refractivity contribution in [2.24, 2.45) is 11.8 Å². The normalized spacial score (nSPS) is 21.1. The van der Waals surface area contributed by atoms with Gasteiger partial charge in [-0.25, -0.2) is 9.97 Å². The van der Waals surface area contributed by atoms with Crippen molar-refractivity contribution < 1.29 is 9.53 Å². The Morgan fingerprint density at radius 2 is 1.78 bits per heavy atom. The molecule has 0 amide bonds. The van der Waals surface area contributed by atoms with Crippen molar-refractivity contribution in [3.63, 3.8) is 0 Å². The van der Waals surface area contributed by atoms with Gasteiger partial charge >= 0.3 is 5.97 Å². The molecule has 1 saturated heterocycles. The fourth-order valence-corrected chi connectivity index (χ4v) is 3.79. The van der Waals surface area contributed by atoms with E-state index >= 15 is 0 Å². The van der Waals surface area contributed by atoms with Crippen molar-refractivity contribution >= 4 is 22.8 Å². The van der Waals surface area contributed by atoms with Gasteiger partial charge in [0.1, 0.15) is 5.69 Å². The number of ether oxygens (including phenoxy) is 1. The highest BCUT2D eigenvalue weighted by atomic mass is 16.5. The summed E-state index contributed by atoms with van der Waals surface area (Å²) >= 11 is 0. The van der Waals surface area contributed by atoms with Gasteiger partial charge in [0.2, 0.25) is 0 Å². The van der Waals surface area contributed by atoms with E-state index in [4.69, 9.17) is 9.72 Å². The summed E-state index contributed by atoms with van der Waals surface area (Å²) in [7, 11) is 0. The predicted molar refractivity (Wildman–Crippen MR) is 104 cm³/mol. The number of hydrogen-bond acceptors (Lipinski definition) is 6. The molecule has 6 nitrogen and oxygen atoms in total. The van der Waals surface area contributed by atoms with Crippen LogP contribution in [-0.2, 0) is 9.53 Å². The summed E-state index contributed by atoms with van der Waals surface area (Å²) in [6, 6.07) is 9.62. The number of para-hydroxylation sites is 2. The van der Waals surface area contributed by atoms with Crippen molar-refractivity contribution in [3.05, 3.63) is 30.0 Å². The van der Waals surface area contributed by atoms with Gasteiger partial charge in [0, 0.05) is 13.1 Å². The number of piperidine rings is 1. The van der Waals surface area contributed by atoms with Gasteiger partial charge in [-0.15, -0.1) is 0 Å². The van der Waals surface area contributed by atoms with Gasteiger partial charge in [-0.3, -0.25) is 4.79 Å². The van der Waals surface area contributed by atoms with Crippen LogP contribution in [0.15, 0.2) is 24.3 Å². The first-order valence-corrected chi connectivity index (χ1v) is 9.50. The van der Waals surface area contributed by atoms with E-state index in [1.807, 2.05) is 24.3 Å². The number of nitrogens with zero attached hydrogens (tertiary/aromatic N) is 4. The highest BCUT2D eigenvalue weighted by molar-refractivity contribution is 5.85. The summed E-state index contributed by atoms with van der Waals surface area (Å²) in [4.78, 5) is 24.2. The molecule has 6 heteroatoms. The number of anilines is 1. The molecular formula is C21H26N4O2. The van der Waals surface area contributed by atoms with Crippen LogP contribution in [0.3, 0.4) is 0 Å². The van der Waals surface area contributed by atoms with Crippen LogP contribution in [-0.4, -0.2) is 35.1 Å². The van der Waals surface area contributed by atoms with Crippen LogP contribution in [0.5, 0.6) is 0 Å². The molecule has 3 rings (SSSR count). The first-order valence-electron chi connectivity index (χ1n) is 9.50. The number of carbonyl (C=O) groups is 1. The maximum Gasteiger partial charge on any atom is 0.329 e. The third-order valence-corrected chi connectivity index (χ3v) is 4.74. The van der Waals surface area contributed by atoms with Gasteiger partial charge in [-0.05, 0) is 44.2 Å². The lowest BCUT2D eigenvalue weighted by Crippen LogP contribution is -2.40. The molecule has 0 spiro atoms. The molecule has 1 aromatic heterocycles. The summed E-state index contributed by atoms with van der Waals surface area (Å²) in [5.41, 5.74) is 1.83. The molecule has 27 heavy (non-hydrogen) atoms. The zero-order chi connectivity index (χ0) is 19.6. The molecule has 0 saturated carbocycles.